The number of rotatable bonds is 4. The van der Waals surface area contributed by atoms with Crippen molar-refractivity contribution >= 4 is 11.7 Å². The second kappa shape index (κ2) is 7.05. The molecule has 0 saturated carbocycles. The van der Waals surface area contributed by atoms with Crippen LogP contribution in [-0.4, -0.2) is 41.9 Å². The Morgan fingerprint density at radius 3 is 2.41 bits per heavy atom. The van der Waals surface area contributed by atoms with Crippen LogP contribution >= 0.6 is 0 Å². The van der Waals surface area contributed by atoms with Gasteiger partial charge in [0, 0.05) is 31.5 Å². The van der Waals surface area contributed by atoms with Gasteiger partial charge in [0.1, 0.15) is 0 Å². The molecule has 1 heterocycles. The molecule has 1 fully saturated rings. The van der Waals surface area contributed by atoms with Crippen molar-refractivity contribution in [1.29, 1.82) is 0 Å². The van der Waals surface area contributed by atoms with E-state index in [0.29, 0.717) is 13.1 Å². The Kier molecular flexibility index (Phi) is 5.35. The van der Waals surface area contributed by atoms with Gasteiger partial charge in [-0.1, -0.05) is 17.7 Å². The Morgan fingerprint density at radius 2 is 1.77 bits per heavy atom. The molecule has 2 unspecified atom stereocenters. The Labute approximate surface area is 132 Å². The summed E-state index contributed by atoms with van der Waals surface area (Å²) in [5, 5.41) is 0. The van der Waals surface area contributed by atoms with E-state index in [4.69, 9.17) is 4.74 Å². The van der Waals surface area contributed by atoms with Gasteiger partial charge in [0.15, 0.2) is 5.78 Å². The van der Waals surface area contributed by atoms with E-state index in [1.54, 1.807) is 0 Å². The number of hydrogen-bond acceptors (Lipinski definition) is 3. The first kappa shape index (κ1) is 16.7. The van der Waals surface area contributed by atoms with Crippen LogP contribution in [0.1, 0.15) is 48.2 Å². The molecule has 4 nitrogen and oxygen atoms in total. The van der Waals surface area contributed by atoms with Crippen LogP contribution in [0.4, 0.5) is 0 Å². The topological polar surface area (TPSA) is 46.6 Å². The summed E-state index contributed by atoms with van der Waals surface area (Å²) in [7, 11) is 0. The lowest BCUT2D eigenvalue weighted by Gasteiger charge is -2.35. The van der Waals surface area contributed by atoms with Crippen LogP contribution in [0.25, 0.3) is 0 Å². The van der Waals surface area contributed by atoms with Gasteiger partial charge in [-0.25, -0.2) is 0 Å². The number of morpholine rings is 1. The van der Waals surface area contributed by atoms with Gasteiger partial charge in [-0.2, -0.15) is 0 Å². The molecular formula is C18H25NO3. The van der Waals surface area contributed by atoms with Crippen molar-refractivity contribution < 1.29 is 14.3 Å². The number of carbonyl (C=O) groups excluding carboxylic acids is 2. The van der Waals surface area contributed by atoms with Crippen LogP contribution in [0.3, 0.4) is 0 Å². The standard InChI is InChI=1S/C18H25NO3/c1-12-5-6-13(2)16(9-12)17(20)7-8-18(21)19-10-14(3)22-15(4)11-19/h5-6,9,14-15H,7-8,10-11H2,1-4H3. The van der Waals surface area contributed by atoms with E-state index in [9.17, 15) is 9.59 Å². The molecule has 1 amide bonds. The predicted octanol–water partition coefficient (Wildman–Crippen LogP) is 2.90. The number of Topliss-reactive ketones (excluding diaryl/α,β-unsaturated/α-hetero) is 1. The van der Waals surface area contributed by atoms with Crippen molar-refractivity contribution in [3.05, 3.63) is 34.9 Å². The van der Waals surface area contributed by atoms with E-state index in [-0.39, 0.29) is 36.7 Å². The lowest BCUT2D eigenvalue weighted by atomic mass is 9.99. The quantitative estimate of drug-likeness (QED) is 0.804. The minimum Gasteiger partial charge on any atom is -0.372 e. The zero-order chi connectivity index (χ0) is 16.3. The van der Waals surface area contributed by atoms with E-state index in [2.05, 4.69) is 0 Å². The Balaban J connectivity index is 1.93. The molecule has 0 aliphatic carbocycles. The molecule has 1 aliphatic rings. The number of benzene rings is 1. The summed E-state index contributed by atoms with van der Waals surface area (Å²) in [6, 6.07) is 5.85. The second-order valence-corrected chi connectivity index (χ2v) is 6.30. The predicted molar refractivity (Wildman–Crippen MR) is 86.1 cm³/mol. The molecule has 0 N–H and O–H groups in total. The van der Waals surface area contributed by atoms with E-state index in [1.807, 2.05) is 50.8 Å². The molecule has 4 heteroatoms. The van der Waals surface area contributed by atoms with E-state index < -0.39 is 0 Å². The highest BCUT2D eigenvalue weighted by Gasteiger charge is 2.26. The fourth-order valence-corrected chi connectivity index (χ4v) is 2.93. The van der Waals surface area contributed by atoms with E-state index in [1.165, 1.54) is 0 Å². The molecule has 0 aromatic heterocycles. The monoisotopic (exact) mass is 303 g/mol. The average Bonchev–Trinajstić information content (AvgIpc) is 2.45. The van der Waals surface area contributed by atoms with Crippen molar-refractivity contribution in [2.75, 3.05) is 13.1 Å². The summed E-state index contributed by atoms with van der Waals surface area (Å²) in [4.78, 5) is 26.4. The van der Waals surface area contributed by atoms with Crippen molar-refractivity contribution in [3.63, 3.8) is 0 Å². The van der Waals surface area contributed by atoms with E-state index >= 15 is 0 Å². The number of ketones is 1. The highest BCUT2D eigenvalue weighted by Crippen LogP contribution is 2.16. The zero-order valence-corrected chi connectivity index (χ0v) is 13.9. The molecule has 22 heavy (non-hydrogen) atoms. The molecule has 2 atom stereocenters. The highest BCUT2D eigenvalue weighted by atomic mass is 16.5. The van der Waals surface area contributed by atoms with Gasteiger partial charge in [-0.3, -0.25) is 9.59 Å². The maximum absolute atomic E-state index is 12.3. The summed E-state index contributed by atoms with van der Waals surface area (Å²) in [5.74, 6) is 0.0876. The first-order valence-corrected chi connectivity index (χ1v) is 7.90. The molecule has 1 saturated heterocycles. The number of carbonyl (C=O) groups is 2. The molecule has 1 aliphatic heterocycles. The molecule has 120 valence electrons. The van der Waals surface area contributed by atoms with Crippen LogP contribution in [0, 0.1) is 13.8 Å². The van der Waals surface area contributed by atoms with Gasteiger partial charge in [-0.15, -0.1) is 0 Å². The van der Waals surface area contributed by atoms with Crippen LogP contribution in [0.5, 0.6) is 0 Å². The average molecular weight is 303 g/mol. The molecule has 1 aromatic carbocycles. The number of nitrogens with zero attached hydrogens (tertiary/aromatic N) is 1. The largest absolute Gasteiger partial charge is 0.372 e. The van der Waals surface area contributed by atoms with E-state index in [0.717, 1.165) is 16.7 Å². The lowest BCUT2D eigenvalue weighted by molar-refractivity contribution is -0.143. The second-order valence-electron chi connectivity index (χ2n) is 6.30. The minimum absolute atomic E-state index is 0.0423. The summed E-state index contributed by atoms with van der Waals surface area (Å²) in [5.41, 5.74) is 2.77. The first-order chi connectivity index (χ1) is 10.4. The third-order valence-corrected chi connectivity index (χ3v) is 4.03. The summed E-state index contributed by atoms with van der Waals surface area (Å²) in [6.07, 6.45) is 0.652. The van der Waals surface area contributed by atoms with Gasteiger partial charge in [0.2, 0.25) is 5.91 Å². The number of hydrogen-bond donors (Lipinski definition) is 0. The third kappa shape index (κ3) is 4.17. The summed E-state index contributed by atoms with van der Waals surface area (Å²) >= 11 is 0. The van der Waals surface area contributed by atoms with Crippen molar-refractivity contribution in [1.82, 2.24) is 4.90 Å². The number of ether oxygens (including phenoxy) is 1. The van der Waals surface area contributed by atoms with Crippen LogP contribution in [0.2, 0.25) is 0 Å². The lowest BCUT2D eigenvalue weighted by Crippen LogP contribution is -2.48. The van der Waals surface area contributed by atoms with Crippen LogP contribution in [0.15, 0.2) is 18.2 Å². The van der Waals surface area contributed by atoms with Gasteiger partial charge in [0.05, 0.1) is 12.2 Å². The van der Waals surface area contributed by atoms with Crippen molar-refractivity contribution in [2.45, 2.75) is 52.7 Å². The molecule has 0 spiro atoms. The normalized spacial score (nSPS) is 21.7. The Bertz CT molecular complexity index is 557. The highest BCUT2D eigenvalue weighted by molar-refractivity contribution is 5.99. The molecule has 0 radical (unpaired) electrons. The molecule has 2 rings (SSSR count). The van der Waals surface area contributed by atoms with Crippen LogP contribution < -0.4 is 0 Å². The minimum atomic E-state index is 0.0423. The number of amides is 1. The smallest absolute Gasteiger partial charge is 0.223 e. The maximum atomic E-state index is 12.3. The van der Waals surface area contributed by atoms with Gasteiger partial charge in [0.25, 0.3) is 0 Å². The maximum Gasteiger partial charge on any atom is 0.223 e. The fourth-order valence-electron chi connectivity index (χ4n) is 2.93. The van der Waals surface area contributed by atoms with Gasteiger partial charge < -0.3 is 9.64 Å². The summed E-state index contributed by atoms with van der Waals surface area (Å²) < 4.78 is 5.63. The molecule has 1 aromatic rings. The van der Waals surface area contributed by atoms with Gasteiger partial charge in [-0.05, 0) is 39.3 Å². The molecular weight excluding hydrogens is 278 g/mol. The summed E-state index contributed by atoms with van der Waals surface area (Å²) in [6.45, 7) is 9.06. The Hall–Kier alpha value is -1.68. The first-order valence-electron chi connectivity index (χ1n) is 7.90. The SMILES string of the molecule is Cc1ccc(C)c(C(=O)CCC(=O)N2CC(C)OC(C)C2)c1. The number of aryl methyl sites for hydroxylation is 2. The third-order valence-electron chi connectivity index (χ3n) is 4.03. The molecule has 0 bridgehead atoms. The van der Waals surface area contributed by atoms with Crippen molar-refractivity contribution in [3.8, 4) is 0 Å². The van der Waals surface area contributed by atoms with Gasteiger partial charge >= 0.3 is 0 Å². The van der Waals surface area contributed by atoms with Crippen LogP contribution in [-0.2, 0) is 9.53 Å². The van der Waals surface area contributed by atoms with Crippen molar-refractivity contribution in [2.24, 2.45) is 0 Å². The Morgan fingerprint density at radius 1 is 1.14 bits per heavy atom. The zero-order valence-electron chi connectivity index (χ0n) is 13.9. The fraction of sp³-hybridized carbons (Fsp3) is 0.556.